The molecule has 0 aliphatic heterocycles. The van der Waals surface area contributed by atoms with Gasteiger partial charge < -0.3 is 23.9 Å². The fraction of sp³-hybridized carbons (Fsp3) is 0.429. The lowest BCUT2D eigenvalue weighted by molar-refractivity contribution is -0.159. The number of carbonyl (C=O) groups is 3. The summed E-state index contributed by atoms with van der Waals surface area (Å²) in [6.45, 7) is 0.172. The summed E-state index contributed by atoms with van der Waals surface area (Å²) >= 11 is 0. The number of aryl methyl sites for hydroxylation is 1. The van der Waals surface area contributed by atoms with Crippen molar-refractivity contribution in [3.8, 4) is 0 Å². The molecule has 1 rings (SSSR count). The normalized spacial score (nSPS) is 11.9. The summed E-state index contributed by atoms with van der Waals surface area (Å²) in [6.07, 6.45) is 5.71. The number of esters is 3. The molecule has 126 valence electrons. The van der Waals surface area contributed by atoms with Crippen molar-refractivity contribution in [2.24, 2.45) is 0 Å². The average Bonchev–Trinajstić information content (AvgIpc) is 3.07. The number of carbonyl (C=O) groups excluding carboxylic acids is 3. The first-order chi connectivity index (χ1) is 11.0. The van der Waals surface area contributed by atoms with Gasteiger partial charge in [0.2, 0.25) is 0 Å². The van der Waals surface area contributed by atoms with Crippen molar-refractivity contribution in [1.29, 1.82) is 0 Å². The minimum atomic E-state index is -1.58. The third kappa shape index (κ3) is 7.77. The molecule has 1 aromatic rings. The second-order valence-electron chi connectivity index (χ2n) is 4.32. The molecule has 0 radical (unpaired) electrons. The van der Waals surface area contributed by atoms with E-state index in [0.717, 1.165) is 19.3 Å². The number of hydrogen-bond acceptors (Lipinski definition) is 8. The zero-order chi connectivity index (χ0) is 17.1. The van der Waals surface area contributed by atoms with E-state index in [0.29, 0.717) is 13.0 Å². The monoisotopic (exact) mass is 326 g/mol. The number of hydrogen-bond donors (Lipinski definition) is 1. The van der Waals surface area contributed by atoms with E-state index in [1.807, 2.05) is 4.57 Å². The van der Waals surface area contributed by atoms with E-state index >= 15 is 0 Å². The van der Waals surface area contributed by atoms with Gasteiger partial charge in [-0.15, -0.1) is 0 Å². The number of nitrogens with zero attached hydrogens (tertiary/aromatic N) is 2. The molecule has 1 unspecified atom stereocenters. The summed E-state index contributed by atoms with van der Waals surface area (Å²) in [5.41, 5.74) is 0. The maximum absolute atomic E-state index is 11.5. The van der Waals surface area contributed by atoms with Crippen LogP contribution in [0.2, 0.25) is 0 Å². The molecule has 23 heavy (non-hydrogen) atoms. The molecule has 1 heterocycles. The third-order valence-electron chi connectivity index (χ3n) is 2.58. The second-order valence-corrected chi connectivity index (χ2v) is 4.32. The number of aromatic nitrogens is 2. The van der Waals surface area contributed by atoms with Gasteiger partial charge in [-0.2, -0.15) is 0 Å². The molecule has 9 heteroatoms. The fourth-order valence-corrected chi connectivity index (χ4v) is 1.42. The minimum Gasteiger partial charge on any atom is -0.466 e. The fourth-order valence-electron chi connectivity index (χ4n) is 1.42. The first kappa shape index (κ1) is 18.4. The summed E-state index contributed by atoms with van der Waals surface area (Å²) in [4.78, 5) is 37.3. The van der Waals surface area contributed by atoms with Gasteiger partial charge in [0.15, 0.2) is 6.10 Å². The van der Waals surface area contributed by atoms with Crippen LogP contribution in [-0.4, -0.2) is 59.0 Å². The van der Waals surface area contributed by atoms with Crippen LogP contribution in [0.25, 0.3) is 0 Å². The molecule has 0 aliphatic carbocycles. The molecule has 1 aromatic heterocycles. The van der Waals surface area contributed by atoms with Gasteiger partial charge in [-0.3, -0.25) is 0 Å². The summed E-state index contributed by atoms with van der Waals surface area (Å²) in [5, 5.41) is 9.49. The molecule has 9 nitrogen and oxygen atoms in total. The lowest BCUT2D eigenvalue weighted by atomic mass is 10.4. The second kappa shape index (κ2) is 10.1. The number of aliphatic hydroxyl groups is 1. The van der Waals surface area contributed by atoms with Crippen molar-refractivity contribution in [1.82, 2.24) is 9.55 Å². The Kier molecular flexibility index (Phi) is 8.08. The minimum absolute atomic E-state index is 0.115. The van der Waals surface area contributed by atoms with E-state index in [2.05, 4.69) is 14.5 Å². The van der Waals surface area contributed by atoms with E-state index in [1.54, 1.807) is 18.7 Å². The van der Waals surface area contributed by atoms with Crippen LogP contribution in [0.1, 0.15) is 6.42 Å². The Labute approximate surface area is 132 Å². The predicted octanol–water partition coefficient (Wildman–Crippen LogP) is -0.550. The predicted molar refractivity (Wildman–Crippen MR) is 75.9 cm³/mol. The summed E-state index contributed by atoms with van der Waals surface area (Å²) < 4.78 is 15.5. The average molecular weight is 326 g/mol. The molecule has 0 aromatic carbocycles. The van der Waals surface area contributed by atoms with Crippen LogP contribution >= 0.6 is 0 Å². The molecule has 0 fully saturated rings. The Morgan fingerprint density at radius 2 is 2.00 bits per heavy atom. The summed E-state index contributed by atoms with van der Waals surface area (Å²) in [6, 6.07) is 0. The molecular formula is C14H18N2O7. The highest BCUT2D eigenvalue weighted by Crippen LogP contribution is 1.96. The van der Waals surface area contributed by atoms with E-state index in [-0.39, 0.29) is 6.61 Å². The van der Waals surface area contributed by atoms with E-state index in [9.17, 15) is 19.5 Å². The first-order valence-electron chi connectivity index (χ1n) is 6.76. The van der Waals surface area contributed by atoms with E-state index in [4.69, 9.17) is 4.74 Å². The SMILES string of the molecule is COC(=O)/C=C/C(=O)OCC(O)C(=O)OCCCn1ccnc1. The Hall–Kier alpha value is -2.68. The quantitative estimate of drug-likeness (QED) is 0.278. The van der Waals surface area contributed by atoms with Crippen LogP contribution in [0.5, 0.6) is 0 Å². The number of methoxy groups -OCH3 is 1. The number of aliphatic hydroxyl groups excluding tert-OH is 1. The lowest BCUT2D eigenvalue weighted by Crippen LogP contribution is -2.29. The Morgan fingerprint density at radius 1 is 1.26 bits per heavy atom. The highest BCUT2D eigenvalue weighted by atomic mass is 16.6. The maximum Gasteiger partial charge on any atom is 0.338 e. The zero-order valence-electron chi connectivity index (χ0n) is 12.6. The van der Waals surface area contributed by atoms with Gasteiger partial charge in [0.05, 0.1) is 20.0 Å². The van der Waals surface area contributed by atoms with Crippen molar-refractivity contribution in [2.45, 2.75) is 19.1 Å². The van der Waals surface area contributed by atoms with Crippen LogP contribution in [0.4, 0.5) is 0 Å². The molecule has 0 spiro atoms. The highest BCUT2D eigenvalue weighted by molar-refractivity contribution is 5.91. The third-order valence-corrected chi connectivity index (χ3v) is 2.58. The molecule has 0 amide bonds. The van der Waals surface area contributed by atoms with Crippen LogP contribution in [-0.2, 0) is 35.1 Å². The lowest BCUT2D eigenvalue weighted by Gasteiger charge is -2.10. The smallest absolute Gasteiger partial charge is 0.338 e. The van der Waals surface area contributed by atoms with Crippen LogP contribution in [0.15, 0.2) is 30.9 Å². The first-order valence-corrected chi connectivity index (χ1v) is 6.76. The number of rotatable bonds is 9. The van der Waals surface area contributed by atoms with E-state index in [1.165, 1.54) is 0 Å². The van der Waals surface area contributed by atoms with Crippen molar-refractivity contribution in [3.05, 3.63) is 30.9 Å². The molecule has 1 N–H and O–H groups in total. The zero-order valence-corrected chi connectivity index (χ0v) is 12.6. The van der Waals surface area contributed by atoms with E-state index < -0.39 is 30.6 Å². The van der Waals surface area contributed by atoms with Crippen molar-refractivity contribution < 1.29 is 33.7 Å². The number of imidazole rings is 1. The van der Waals surface area contributed by atoms with Crippen molar-refractivity contribution in [3.63, 3.8) is 0 Å². The van der Waals surface area contributed by atoms with Crippen molar-refractivity contribution >= 4 is 17.9 Å². The molecule has 0 aliphatic rings. The molecule has 0 bridgehead atoms. The molecule has 1 atom stereocenters. The molecule has 0 saturated carbocycles. The highest BCUT2D eigenvalue weighted by Gasteiger charge is 2.18. The van der Waals surface area contributed by atoms with Gasteiger partial charge in [0.1, 0.15) is 6.61 Å². The largest absolute Gasteiger partial charge is 0.466 e. The van der Waals surface area contributed by atoms with Gasteiger partial charge >= 0.3 is 17.9 Å². The maximum atomic E-state index is 11.5. The van der Waals surface area contributed by atoms with Crippen molar-refractivity contribution in [2.75, 3.05) is 20.3 Å². The van der Waals surface area contributed by atoms with Crippen LogP contribution < -0.4 is 0 Å². The Balaban J connectivity index is 2.16. The van der Waals surface area contributed by atoms with Crippen LogP contribution in [0, 0.1) is 0 Å². The molecule has 0 saturated heterocycles. The van der Waals surface area contributed by atoms with Gasteiger partial charge in [-0.1, -0.05) is 0 Å². The van der Waals surface area contributed by atoms with Gasteiger partial charge in [-0.25, -0.2) is 19.4 Å². The Morgan fingerprint density at radius 3 is 2.65 bits per heavy atom. The number of ether oxygens (including phenoxy) is 3. The van der Waals surface area contributed by atoms with Gasteiger partial charge in [0, 0.05) is 31.1 Å². The summed E-state index contributed by atoms with van der Waals surface area (Å²) in [5.74, 6) is -2.50. The van der Waals surface area contributed by atoms with Gasteiger partial charge in [0.25, 0.3) is 0 Å². The Bertz CT molecular complexity index is 539. The topological polar surface area (TPSA) is 117 Å². The molecular weight excluding hydrogens is 308 g/mol. The van der Waals surface area contributed by atoms with Gasteiger partial charge in [-0.05, 0) is 6.42 Å². The van der Waals surface area contributed by atoms with Crippen LogP contribution in [0.3, 0.4) is 0 Å². The standard InChI is InChI=1S/C14H18N2O7/c1-21-12(18)3-4-13(19)23-9-11(17)14(20)22-8-2-6-16-7-5-15-10-16/h3-5,7,10-11,17H,2,6,8-9H2,1H3/b4-3+. The summed E-state index contributed by atoms with van der Waals surface area (Å²) in [7, 11) is 1.16.